The highest BCUT2D eigenvalue weighted by Crippen LogP contribution is 2.49. The zero-order valence-electron chi connectivity index (χ0n) is 20.4. The van der Waals surface area contributed by atoms with Crippen LogP contribution in [0, 0.1) is 5.92 Å². The molecular formula is C25H26F2N4O3S2. The van der Waals surface area contributed by atoms with Gasteiger partial charge in [0, 0.05) is 42.5 Å². The Hall–Kier alpha value is -2.66. The van der Waals surface area contributed by atoms with E-state index in [0.29, 0.717) is 34.9 Å². The lowest BCUT2D eigenvalue weighted by Gasteiger charge is -2.16. The predicted molar refractivity (Wildman–Crippen MR) is 138 cm³/mol. The van der Waals surface area contributed by atoms with Crippen LogP contribution in [0.3, 0.4) is 0 Å². The Bertz CT molecular complexity index is 1470. The molecule has 2 aromatic rings. The van der Waals surface area contributed by atoms with Gasteiger partial charge in [0.2, 0.25) is 0 Å². The summed E-state index contributed by atoms with van der Waals surface area (Å²) in [7, 11) is -3.62. The number of aliphatic imine (C=N–C) groups is 2. The van der Waals surface area contributed by atoms with Gasteiger partial charge < -0.3 is 5.32 Å². The van der Waals surface area contributed by atoms with E-state index in [-0.39, 0.29) is 16.9 Å². The first-order valence-corrected chi connectivity index (χ1v) is 14.4. The van der Waals surface area contributed by atoms with E-state index in [1.807, 2.05) is 26.8 Å². The van der Waals surface area contributed by atoms with Crippen molar-refractivity contribution >= 4 is 55.2 Å². The van der Waals surface area contributed by atoms with Crippen LogP contribution in [0.15, 0.2) is 39.1 Å². The molecule has 0 amide bonds. The van der Waals surface area contributed by atoms with Crippen LogP contribution in [-0.4, -0.2) is 53.4 Å². The topological polar surface area (TPSA) is 101 Å². The second-order valence-corrected chi connectivity index (χ2v) is 13.2. The minimum Gasteiger partial charge on any atom is -0.353 e. The number of fused-ring (bicyclic) bond motifs is 1. The number of carbonyl (C=O) groups excluding carboxylic acids is 1. The molecule has 36 heavy (non-hydrogen) atoms. The molecule has 0 spiro atoms. The average molecular weight is 533 g/mol. The van der Waals surface area contributed by atoms with Crippen LogP contribution in [0.4, 0.5) is 25.8 Å². The molecule has 11 heteroatoms. The number of thioether (sulfide) groups is 1. The Kier molecular flexibility index (Phi) is 5.86. The highest BCUT2D eigenvalue weighted by atomic mass is 32.2. The number of ketones is 1. The summed E-state index contributed by atoms with van der Waals surface area (Å²) in [6, 6.07) is 6.72. The van der Waals surface area contributed by atoms with Crippen molar-refractivity contribution in [3.05, 3.63) is 41.2 Å². The van der Waals surface area contributed by atoms with Crippen molar-refractivity contribution in [3.63, 3.8) is 0 Å². The van der Waals surface area contributed by atoms with Gasteiger partial charge in [0.25, 0.3) is 5.92 Å². The molecule has 7 nitrogen and oxygen atoms in total. The van der Waals surface area contributed by atoms with E-state index in [2.05, 4.69) is 15.3 Å². The number of nitrogens with one attached hydrogen (secondary N) is 1. The summed E-state index contributed by atoms with van der Waals surface area (Å²) in [4.78, 5) is 26.2. The van der Waals surface area contributed by atoms with Crippen LogP contribution in [0.25, 0.3) is 0 Å². The number of anilines is 2. The van der Waals surface area contributed by atoms with Gasteiger partial charge in [0.05, 0.1) is 44.2 Å². The monoisotopic (exact) mass is 532 g/mol. The number of halogens is 2. The molecule has 5 rings (SSSR count). The Morgan fingerprint density at radius 1 is 1.22 bits per heavy atom. The molecule has 0 radical (unpaired) electrons. The molecule has 1 aliphatic carbocycles. The normalized spacial score (nSPS) is 21.6. The number of hydrogen-bond donors (Lipinski definition) is 1. The summed E-state index contributed by atoms with van der Waals surface area (Å²) in [5.41, 5.74) is 3.69. The minimum atomic E-state index is -3.62. The Labute approximate surface area is 212 Å². The summed E-state index contributed by atoms with van der Waals surface area (Å²) in [5.74, 6) is -3.93. The van der Waals surface area contributed by atoms with Gasteiger partial charge in [-0.1, -0.05) is 6.07 Å². The van der Waals surface area contributed by atoms with E-state index in [9.17, 15) is 22.0 Å². The molecule has 1 N–H and O–H groups in total. The number of alkyl halides is 2. The van der Waals surface area contributed by atoms with Gasteiger partial charge in [-0.05, 0) is 39.0 Å². The van der Waals surface area contributed by atoms with Crippen molar-refractivity contribution in [2.45, 2.75) is 56.4 Å². The molecule has 1 fully saturated rings. The number of aromatic nitrogens is 1. The Morgan fingerprint density at radius 3 is 2.56 bits per heavy atom. The van der Waals surface area contributed by atoms with E-state index < -0.39 is 33.9 Å². The maximum absolute atomic E-state index is 13.4. The van der Waals surface area contributed by atoms with Gasteiger partial charge in [-0.25, -0.2) is 17.2 Å². The van der Waals surface area contributed by atoms with E-state index in [1.165, 1.54) is 0 Å². The van der Waals surface area contributed by atoms with Gasteiger partial charge in [-0.2, -0.15) is 0 Å². The molecule has 1 aromatic heterocycles. The van der Waals surface area contributed by atoms with E-state index in [4.69, 9.17) is 4.99 Å². The summed E-state index contributed by atoms with van der Waals surface area (Å²) >= 11 is 1.59. The van der Waals surface area contributed by atoms with Crippen molar-refractivity contribution < 1.29 is 22.0 Å². The zero-order valence-corrected chi connectivity index (χ0v) is 22.0. The van der Waals surface area contributed by atoms with Crippen molar-refractivity contribution in [2.75, 3.05) is 17.3 Å². The number of sulfone groups is 1. The highest BCUT2D eigenvalue weighted by molar-refractivity contribution is 8.14. The second kappa shape index (κ2) is 8.44. The van der Waals surface area contributed by atoms with Crippen molar-refractivity contribution in [1.82, 2.24) is 4.98 Å². The van der Waals surface area contributed by atoms with Crippen LogP contribution >= 0.6 is 11.8 Å². The van der Waals surface area contributed by atoms with E-state index in [0.717, 1.165) is 28.3 Å². The predicted octanol–water partition coefficient (Wildman–Crippen LogP) is 4.92. The molecule has 0 bridgehead atoms. The lowest BCUT2D eigenvalue weighted by molar-refractivity contribution is -0.121. The number of carbonyl (C=O) groups is 1. The fourth-order valence-corrected chi connectivity index (χ4v) is 6.38. The van der Waals surface area contributed by atoms with E-state index >= 15 is 0 Å². The summed E-state index contributed by atoms with van der Waals surface area (Å²) in [5, 5.41) is 3.97. The van der Waals surface area contributed by atoms with Gasteiger partial charge >= 0.3 is 0 Å². The third-order valence-electron chi connectivity index (χ3n) is 6.28. The minimum absolute atomic E-state index is 0.104. The van der Waals surface area contributed by atoms with Crippen LogP contribution in [0.1, 0.15) is 44.1 Å². The number of rotatable bonds is 7. The maximum Gasteiger partial charge on any atom is 0.258 e. The van der Waals surface area contributed by atoms with Gasteiger partial charge in [-0.3, -0.25) is 19.8 Å². The fraction of sp³-hybridized carbons (Fsp3) is 0.440. The van der Waals surface area contributed by atoms with Crippen LogP contribution in [0.5, 0.6) is 0 Å². The largest absolute Gasteiger partial charge is 0.353 e. The quantitative estimate of drug-likeness (QED) is 0.544. The summed E-state index contributed by atoms with van der Waals surface area (Å²) in [6.45, 7) is 5.90. The van der Waals surface area contributed by atoms with Gasteiger partial charge in [-0.15, -0.1) is 11.8 Å². The summed E-state index contributed by atoms with van der Waals surface area (Å²) in [6.07, 6.45) is 0.973. The van der Waals surface area contributed by atoms with Crippen LogP contribution < -0.4 is 5.32 Å². The molecule has 0 saturated heterocycles. The smallest absolute Gasteiger partial charge is 0.258 e. The van der Waals surface area contributed by atoms with Gasteiger partial charge in [0.15, 0.2) is 9.84 Å². The number of nitrogens with zero attached hydrogens (tertiary/aromatic N) is 3. The fourth-order valence-electron chi connectivity index (χ4n) is 4.36. The molecule has 1 aromatic carbocycles. The van der Waals surface area contributed by atoms with Gasteiger partial charge in [0.1, 0.15) is 11.5 Å². The maximum atomic E-state index is 13.4. The number of Topliss-reactive ketones (excluding diaryl/α,β-unsaturated/α-hetero) is 1. The van der Waals surface area contributed by atoms with Crippen molar-refractivity contribution in [1.29, 1.82) is 0 Å². The van der Waals surface area contributed by atoms with Crippen LogP contribution in [0.2, 0.25) is 0 Å². The van der Waals surface area contributed by atoms with Crippen molar-refractivity contribution in [2.24, 2.45) is 15.9 Å². The number of pyridine rings is 1. The molecule has 1 saturated carbocycles. The number of hydrogen-bond acceptors (Lipinski definition) is 8. The van der Waals surface area contributed by atoms with E-state index in [1.54, 1.807) is 30.0 Å². The third kappa shape index (κ3) is 4.95. The Morgan fingerprint density at radius 2 is 1.94 bits per heavy atom. The molecule has 190 valence electrons. The molecule has 3 aliphatic rings. The standard InChI is InChI=1S/C25H26F2N4O3S2/c1-13-7-18-22(28-13)19(9-15(29-18)10-20(32)16-11-25(16,26)27)30-17-6-5-14(8-21(17)36(4,33)34)23-31-24(2,3)12-35-23/h5-6,8-9,16H,7,10-12H2,1-4H3,(H,29,30). The first-order chi connectivity index (χ1) is 16.7. The lowest BCUT2D eigenvalue weighted by Crippen LogP contribution is -2.15. The first-order valence-electron chi connectivity index (χ1n) is 11.5. The number of benzene rings is 1. The lowest BCUT2D eigenvalue weighted by atomic mass is 10.1. The van der Waals surface area contributed by atoms with Crippen LogP contribution in [-0.2, 0) is 27.5 Å². The molecule has 3 heterocycles. The Balaban J connectivity index is 1.51. The summed E-state index contributed by atoms with van der Waals surface area (Å²) < 4.78 is 52.3. The third-order valence-corrected chi connectivity index (χ3v) is 8.87. The molecular weight excluding hydrogens is 506 g/mol. The molecule has 1 unspecified atom stereocenters. The SMILES string of the molecule is CC1=Nc2c(Nc3ccc(C4=NC(C)(C)CS4)cc3S(C)(=O)=O)cc(CC(=O)C3CC3(F)F)nc2C1. The highest BCUT2D eigenvalue weighted by Gasteiger charge is 2.60. The average Bonchev–Trinajstić information content (AvgIpc) is 3.05. The second-order valence-electron chi connectivity index (χ2n) is 10.3. The van der Waals surface area contributed by atoms with Crippen molar-refractivity contribution in [3.8, 4) is 0 Å². The first kappa shape index (κ1) is 25.0. The molecule has 2 aliphatic heterocycles. The zero-order chi connectivity index (χ0) is 26.0. The molecule has 1 atom stereocenters.